The Labute approximate surface area is 417 Å². The van der Waals surface area contributed by atoms with Crippen molar-refractivity contribution >= 4 is 23.9 Å². The van der Waals surface area contributed by atoms with E-state index in [2.05, 4.69) is 81.5 Å². The molecular weight excluding hydrogens is 877 g/mol. The third-order valence-corrected chi connectivity index (χ3v) is 12.1. The minimum absolute atomic E-state index is 0.0486. The summed E-state index contributed by atoms with van der Waals surface area (Å²) < 4.78 is 28.3. The predicted molar refractivity (Wildman–Crippen MR) is 275 cm³/mol. The molecule has 69 heavy (non-hydrogen) atoms. The Hall–Kier alpha value is -3.58. The fourth-order valence-corrected chi connectivity index (χ4v) is 7.88. The van der Waals surface area contributed by atoms with Gasteiger partial charge in [-0.05, 0) is 83.5 Å². The van der Waals surface area contributed by atoms with Gasteiger partial charge in [-0.3, -0.25) is 14.4 Å². The summed E-state index contributed by atoms with van der Waals surface area (Å²) in [4.78, 5) is 50.8. The predicted octanol–water partition coefficient (Wildman–Crippen LogP) is 13.2. The van der Waals surface area contributed by atoms with E-state index in [-0.39, 0.29) is 25.9 Å². The normalized spacial score (nSPS) is 19.1. The van der Waals surface area contributed by atoms with Gasteiger partial charge in [0, 0.05) is 19.3 Å². The van der Waals surface area contributed by atoms with Crippen LogP contribution in [0.25, 0.3) is 0 Å². The van der Waals surface area contributed by atoms with Crippen molar-refractivity contribution in [2.75, 3.05) is 13.2 Å². The van der Waals surface area contributed by atoms with E-state index >= 15 is 0 Å². The standard InChI is InChI=1S/C57H96O12/c1-4-7-10-13-16-19-21-23-24-25-26-28-30-33-36-39-42-45-51(60)68-55-53(62)52(61)54(56(63)64)69-57(55)66-47-48(67-50(59)44-41-38-35-31-18-15-12-9-6-3)46-65-49(58)43-40-37-34-32-29-27-22-20-17-14-11-8-5-2/h8,11,16-17,19-20,23-24,27,29,48,52-55,57,61-62H,4-7,9-10,12-15,18,21-22,25-26,28,30-47H2,1-3H3,(H,63,64)/b11-8-,19-16-,20-17-,24-23-,29-27-. The van der Waals surface area contributed by atoms with Gasteiger partial charge in [0.05, 0.1) is 6.61 Å². The molecule has 6 unspecified atom stereocenters. The van der Waals surface area contributed by atoms with Crippen LogP contribution in [0.4, 0.5) is 0 Å². The SMILES string of the molecule is CC/C=C\C/C=C\C/C=C\CCCCCC(=O)OCC(COC1OC(C(=O)O)C(O)C(O)C1OC(=O)CCCCCCCCC/C=C\C/C=C\CCCCC)OC(=O)CCCCCCCCCCC. The highest BCUT2D eigenvalue weighted by Gasteiger charge is 2.50. The zero-order chi connectivity index (χ0) is 50.4. The van der Waals surface area contributed by atoms with E-state index in [0.29, 0.717) is 19.3 Å². The van der Waals surface area contributed by atoms with Crippen molar-refractivity contribution < 1.29 is 58.2 Å². The first-order valence-electron chi connectivity index (χ1n) is 27.3. The van der Waals surface area contributed by atoms with Crippen molar-refractivity contribution in [1.82, 2.24) is 0 Å². The van der Waals surface area contributed by atoms with Gasteiger partial charge in [0.25, 0.3) is 0 Å². The Morgan fingerprint density at radius 1 is 0.493 bits per heavy atom. The number of allylic oxidation sites excluding steroid dienone is 10. The topological polar surface area (TPSA) is 175 Å². The molecule has 0 amide bonds. The molecule has 0 spiro atoms. The van der Waals surface area contributed by atoms with E-state index in [1.54, 1.807) is 0 Å². The quantitative estimate of drug-likeness (QED) is 0.0228. The summed E-state index contributed by atoms with van der Waals surface area (Å²) in [6, 6.07) is 0. The van der Waals surface area contributed by atoms with Gasteiger partial charge in [-0.2, -0.15) is 0 Å². The van der Waals surface area contributed by atoms with Crippen LogP contribution in [-0.4, -0.2) is 89.2 Å². The molecule has 3 N–H and O–H groups in total. The molecule has 1 heterocycles. The molecule has 0 aromatic heterocycles. The highest BCUT2D eigenvalue weighted by Crippen LogP contribution is 2.26. The summed E-state index contributed by atoms with van der Waals surface area (Å²) in [6.07, 6.45) is 42.1. The minimum Gasteiger partial charge on any atom is -0.479 e. The van der Waals surface area contributed by atoms with Crippen LogP contribution in [0.1, 0.15) is 226 Å². The molecule has 0 radical (unpaired) electrons. The van der Waals surface area contributed by atoms with E-state index in [1.165, 1.54) is 51.4 Å². The largest absolute Gasteiger partial charge is 0.479 e. The lowest BCUT2D eigenvalue weighted by Gasteiger charge is -2.40. The van der Waals surface area contributed by atoms with E-state index in [0.717, 1.165) is 116 Å². The van der Waals surface area contributed by atoms with Crippen LogP contribution in [0.5, 0.6) is 0 Å². The maximum absolute atomic E-state index is 13.0. The minimum atomic E-state index is -1.91. The van der Waals surface area contributed by atoms with Gasteiger partial charge >= 0.3 is 23.9 Å². The number of carboxylic acids is 1. The van der Waals surface area contributed by atoms with Crippen molar-refractivity contribution in [3.63, 3.8) is 0 Å². The van der Waals surface area contributed by atoms with Gasteiger partial charge in [0.2, 0.25) is 0 Å². The highest BCUT2D eigenvalue weighted by molar-refractivity contribution is 5.74. The van der Waals surface area contributed by atoms with Gasteiger partial charge in [-0.15, -0.1) is 0 Å². The number of aliphatic hydroxyl groups excluding tert-OH is 2. The Morgan fingerprint density at radius 3 is 1.43 bits per heavy atom. The molecule has 12 heteroatoms. The Bertz CT molecular complexity index is 1440. The number of hydrogen-bond acceptors (Lipinski definition) is 11. The molecule has 396 valence electrons. The summed E-state index contributed by atoms with van der Waals surface area (Å²) in [7, 11) is 0. The van der Waals surface area contributed by atoms with Crippen LogP contribution in [0.3, 0.4) is 0 Å². The number of ether oxygens (including phenoxy) is 5. The molecule has 12 nitrogen and oxygen atoms in total. The summed E-state index contributed by atoms with van der Waals surface area (Å²) in [5.74, 6) is -3.17. The van der Waals surface area contributed by atoms with E-state index in [4.69, 9.17) is 23.7 Å². The van der Waals surface area contributed by atoms with Gasteiger partial charge in [0.15, 0.2) is 24.6 Å². The maximum Gasteiger partial charge on any atom is 0.335 e. The van der Waals surface area contributed by atoms with Gasteiger partial charge in [-0.1, -0.05) is 184 Å². The average molecular weight is 973 g/mol. The fraction of sp³-hybridized carbons (Fsp3) is 0.754. The molecule has 0 bridgehead atoms. The number of unbranched alkanes of at least 4 members (excludes halogenated alkanes) is 21. The highest BCUT2D eigenvalue weighted by atomic mass is 16.7. The van der Waals surface area contributed by atoms with Gasteiger partial charge in [0.1, 0.15) is 18.8 Å². The van der Waals surface area contributed by atoms with Crippen molar-refractivity contribution in [2.24, 2.45) is 0 Å². The molecule has 0 aromatic carbocycles. The number of hydrogen-bond donors (Lipinski definition) is 3. The van der Waals surface area contributed by atoms with Crippen molar-refractivity contribution in [3.05, 3.63) is 60.8 Å². The lowest BCUT2D eigenvalue weighted by molar-refractivity contribution is -0.301. The first kappa shape index (κ1) is 63.4. The lowest BCUT2D eigenvalue weighted by atomic mass is 9.98. The van der Waals surface area contributed by atoms with Crippen LogP contribution in [-0.2, 0) is 42.9 Å². The molecule has 6 atom stereocenters. The molecule has 1 saturated heterocycles. The molecule has 0 saturated carbocycles. The molecule has 1 aliphatic heterocycles. The Kier molecular flexibility index (Phi) is 41.9. The Morgan fingerprint density at radius 2 is 0.913 bits per heavy atom. The monoisotopic (exact) mass is 973 g/mol. The summed E-state index contributed by atoms with van der Waals surface area (Å²) in [5.41, 5.74) is 0. The number of carbonyl (C=O) groups excluding carboxylic acids is 3. The maximum atomic E-state index is 13.0. The van der Waals surface area contributed by atoms with E-state index in [9.17, 15) is 34.5 Å². The smallest absolute Gasteiger partial charge is 0.335 e. The number of aliphatic hydroxyl groups is 2. The van der Waals surface area contributed by atoms with Gasteiger partial charge in [-0.25, -0.2) is 4.79 Å². The zero-order valence-corrected chi connectivity index (χ0v) is 43.3. The van der Waals surface area contributed by atoms with Crippen LogP contribution >= 0.6 is 0 Å². The number of carbonyl (C=O) groups is 4. The van der Waals surface area contributed by atoms with Crippen LogP contribution in [0.15, 0.2) is 60.8 Å². The van der Waals surface area contributed by atoms with Crippen molar-refractivity contribution in [1.29, 1.82) is 0 Å². The molecule has 0 aromatic rings. The summed E-state index contributed by atoms with van der Waals surface area (Å²) in [5, 5.41) is 31.4. The number of esters is 3. The van der Waals surface area contributed by atoms with Crippen LogP contribution in [0.2, 0.25) is 0 Å². The van der Waals surface area contributed by atoms with Crippen molar-refractivity contribution in [3.8, 4) is 0 Å². The van der Waals surface area contributed by atoms with E-state index < -0.39 is 67.3 Å². The second kappa shape index (κ2) is 45.6. The lowest BCUT2D eigenvalue weighted by Crippen LogP contribution is -2.61. The molecule has 1 aliphatic rings. The Balaban J connectivity index is 2.70. The second-order valence-electron chi connectivity index (χ2n) is 18.5. The zero-order valence-electron chi connectivity index (χ0n) is 43.3. The second-order valence-corrected chi connectivity index (χ2v) is 18.5. The third-order valence-electron chi connectivity index (χ3n) is 12.1. The first-order valence-corrected chi connectivity index (χ1v) is 27.3. The van der Waals surface area contributed by atoms with Crippen molar-refractivity contribution in [2.45, 2.75) is 263 Å². The molecule has 0 aliphatic carbocycles. The number of carboxylic acid groups (broad SMARTS) is 1. The summed E-state index contributed by atoms with van der Waals surface area (Å²) >= 11 is 0. The van der Waals surface area contributed by atoms with E-state index in [1.807, 2.05) is 0 Å². The van der Waals surface area contributed by atoms with Crippen LogP contribution in [0, 0.1) is 0 Å². The third kappa shape index (κ3) is 36.1. The summed E-state index contributed by atoms with van der Waals surface area (Å²) in [6.45, 7) is 5.78. The number of rotatable bonds is 45. The van der Waals surface area contributed by atoms with Crippen LogP contribution < -0.4 is 0 Å². The average Bonchev–Trinajstić information content (AvgIpc) is 3.33. The van der Waals surface area contributed by atoms with Gasteiger partial charge < -0.3 is 39.0 Å². The number of aliphatic carboxylic acids is 1. The fourth-order valence-electron chi connectivity index (χ4n) is 7.88. The first-order chi connectivity index (χ1) is 33.6. The molecular formula is C57H96O12. The molecule has 1 fully saturated rings. The molecule has 1 rings (SSSR count).